The average Bonchev–Trinajstić information content (AvgIpc) is 3.34. The van der Waals surface area contributed by atoms with Gasteiger partial charge in [-0.05, 0) is 36.8 Å². The van der Waals surface area contributed by atoms with Crippen molar-refractivity contribution in [2.75, 3.05) is 33.8 Å². The highest BCUT2D eigenvalue weighted by Crippen LogP contribution is 2.37. The van der Waals surface area contributed by atoms with Crippen molar-refractivity contribution in [3.8, 4) is 23.0 Å². The maximum atomic E-state index is 5.74. The van der Waals surface area contributed by atoms with Crippen molar-refractivity contribution >= 4 is 33.4 Å². The summed E-state index contributed by atoms with van der Waals surface area (Å²) >= 11 is 0. The van der Waals surface area contributed by atoms with Crippen LogP contribution in [0, 0.1) is 0 Å². The molecule has 2 heterocycles. The van der Waals surface area contributed by atoms with Crippen molar-refractivity contribution in [2.24, 2.45) is 0 Å². The molecule has 1 N–H and O–H groups in total. The number of hydrogen-bond donors (Lipinski definition) is 1. The van der Waals surface area contributed by atoms with E-state index < -0.39 is 0 Å². The molecule has 0 unspecified atom stereocenters. The predicted molar refractivity (Wildman–Crippen MR) is 155 cm³/mol. The Morgan fingerprint density at radius 2 is 1.51 bits per heavy atom. The summed E-state index contributed by atoms with van der Waals surface area (Å²) < 4.78 is 24.5. The molecule has 0 atom stereocenters. The van der Waals surface area contributed by atoms with E-state index in [1.807, 2.05) is 48.5 Å². The fourth-order valence-electron chi connectivity index (χ4n) is 4.85. The van der Waals surface area contributed by atoms with Crippen molar-refractivity contribution in [2.45, 2.75) is 32.7 Å². The standard InChI is InChI=1S/C31H34N4O4/c1-6-7-12-28-34-29-30(35(28)19-20-13-14-21(36-2)17-26(20)38-4)23-10-8-9-11-24(23)32-31(29)33-25-16-15-22(37-3)18-27(25)39-5/h8-11,13-18H,6-7,12,19H2,1-5H3,(H,32,33). The van der Waals surface area contributed by atoms with E-state index in [9.17, 15) is 0 Å². The Morgan fingerprint density at radius 1 is 0.795 bits per heavy atom. The lowest BCUT2D eigenvalue weighted by Crippen LogP contribution is -2.07. The molecule has 3 aromatic carbocycles. The molecule has 0 fully saturated rings. The molecule has 0 saturated carbocycles. The molecule has 8 heteroatoms. The van der Waals surface area contributed by atoms with Crippen molar-refractivity contribution < 1.29 is 18.9 Å². The Kier molecular flexibility index (Phi) is 7.72. The van der Waals surface area contributed by atoms with Gasteiger partial charge in [-0.15, -0.1) is 0 Å². The van der Waals surface area contributed by atoms with Crippen LogP contribution in [0.15, 0.2) is 60.7 Å². The van der Waals surface area contributed by atoms with Crippen LogP contribution in [0.4, 0.5) is 11.5 Å². The number of ether oxygens (including phenoxy) is 4. The number of fused-ring (bicyclic) bond motifs is 3. The maximum Gasteiger partial charge on any atom is 0.159 e. The summed E-state index contributed by atoms with van der Waals surface area (Å²) in [5.41, 5.74) is 4.54. The second kappa shape index (κ2) is 11.5. The molecule has 0 amide bonds. The molecule has 5 rings (SSSR count). The SMILES string of the molecule is CCCCc1nc2c(Nc3ccc(OC)cc3OC)nc3ccccc3c2n1Cc1ccc(OC)cc1OC. The van der Waals surface area contributed by atoms with Crippen LogP contribution in [0.25, 0.3) is 21.9 Å². The fraction of sp³-hybridized carbons (Fsp3) is 0.290. The van der Waals surface area contributed by atoms with E-state index in [1.165, 1.54) is 0 Å². The van der Waals surface area contributed by atoms with Crippen molar-refractivity contribution in [1.82, 2.24) is 14.5 Å². The van der Waals surface area contributed by atoms with Crippen LogP contribution in [0.1, 0.15) is 31.2 Å². The highest BCUT2D eigenvalue weighted by Gasteiger charge is 2.21. The smallest absolute Gasteiger partial charge is 0.159 e. The summed E-state index contributed by atoms with van der Waals surface area (Å²) in [6.45, 7) is 2.79. The Hall–Kier alpha value is -4.46. The number of aromatic nitrogens is 3. The second-order valence-corrected chi connectivity index (χ2v) is 9.26. The van der Waals surface area contributed by atoms with E-state index >= 15 is 0 Å². The third kappa shape index (κ3) is 5.14. The van der Waals surface area contributed by atoms with Gasteiger partial charge in [0.2, 0.25) is 0 Å². The topological polar surface area (TPSA) is 79.7 Å². The molecule has 8 nitrogen and oxygen atoms in total. The zero-order valence-electron chi connectivity index (χ0n) is 23.1. The summed E-state index contributed by atoms with van der Waals surface area (Å²) in [6, 6.07) is 19.8. The van der Waals surface area contributed by atoms with Gasteiger partial charge in [-0.1, -0.05) is 31.5 Å². The monoisotopic (exact) mass is 526 g/mol. The first-order valence-electron chi connectivity index (χ1n) is 13.1. The highest BCUT2D eigenvalue weighted by molar-refractivity contribution is 6.07. The van der Waals surface area contributed by atoms with Gasteiger partial charge in [0, 0.05) is 29.5 Å². The van der Waals surface area contributed by atoms with E-state index in [-0.39, 0.29) is 0 Å². The molecule has 5 aromatic rings. The normalized spacial score (nSPS) is 11.1. The van der Waals surface area contributed by atoms with E-state index in [1.54, 1.807) is 28.4 Å². The molecule has 0 aliphatic rings. The van der Waals surface area contributed by atoms with Crippen molar-refractivity contribution in [3.05, 3.63) is 72.1 Å². The van der Waals surface area contributed by atoms with Crippen LogP contribution in [-0.2, 0) is 13.0 Å². The molecule has 0 bridgehead atoms. The number of para-hydroxylation sites is 1. The Bertz CT molecular complexity index is 1610. The van der Waals surface area contributed by atoms with Gasteiger partial charge in [-0.2, -0.15) is 0 Å². The van der Waals surface area contributed by atoms with E-state index in [4.69, 9.17) is 28.9 Å². The van der Waals surface area contributed by atoms with Gasteiger partial charge in [0.1, 0.15) is 34.3 Å². The number of benzene rings is 3. The number of pyridine rings is 1. The van der Waals surface area contributed by atoms with Crippen molar-refractivity contribution in [1.29, 1.82) is 0 Å². The second-order valence-electron chi connectivity index (χ2n) is 9.26. The lowest BCUT2D eigenvalue weighted by molar-refractivity contribution is 0.390. The largest absolute Gasteiger partial charge is 0.497 e. The first-order valence-corrected chi connectivity index (χ1v) is 13.1. The summed E-state index contributed by atoms with van der Waals surface area (Å²) in [6.07, 6.45) is 2.95. The average molecular weight is 527 g/mol. The molecular formula is C31H34N4O4. The zero-order chi connectivity index (χ0) is 27.4. The molecule has 0 radical (unpaired) electrons. The summed E-state index contributed by atoms with van der Waals surface area (Å²) in [5, 5.41) is 4.54. The van der Waals surface area contributed by atoms with Crippen LogP contribution in [0.5, 0.6) is 23.0 Å². The number of anilines is 2. The predicted octanol–water partition coefficient (Wildman–Crippen LogP) is 6.75. The van der Waals surface area contributed by atoms with Gasteiger partial charge >= 0.3 is 0 Å². The number of methoxy groups -OCH3 is 4. The van der Waals surface area contributed by atoms with Gasteiger partial charge < -0.3 is 28.8 Å². The molecule has 0 saturated heterocycles. The van der Waals surface area contributed by atoms with Gasteiger partial charge in [-0.3, -0.25) is 0 Å². The third-order valence-corrected chi connectivity index (χ3v) is 6.90. The summed E-state index contributed by atoms with van der Waals surface area (Å²) in [4.78, 5) is 10.2. The number of unbranched alkanes of at least 4 members (excludes halogenated alkanes) is 1. The third-order valence-electron chi connectivity index (χ3n) is 6.90. The van der Waals surface area contributed by atoms with E-state index in [0.717, 1.165) is 69.8 Å². The number of nitrogens with one attached hydrogen (secondary N) is 1. The quantitative estimate of drug-likeness (QED) is 0.204. The molecule has 0 spiro atoms. The molecule has 0 aliphatic heterocycles. The van der Waals surface area contributed by atoms with Crippen LogP contribution < -0.4 is 24.3 Å². The molecule has 2 aromatic heterocycles. The molecular weight excluding hydrogens is 492 g/mol. The Balaban J connectivity index is 1.71. The number of nitrogens with zero attached hydrogens (tertiary/aromatic N) is 3. The van der Waals surface area contributed by atoms with E-state index in [0.29, 0.717) is 23.9 Å². The summed E-state index contributed by atoms with van der Waals surface area (Å²) in [5.74, 6) is 4.59. The maximum absolute atomic E-state index is 5.74. The zero-order valence-corrected chi connectivity index (χ0v) is 23.1. The van der Waals surface area contributed by atoms with Gasteiger partial charge in [0.05, 0.1) is 51.7 Å². The number of aryl methyl sites for hydroxylation is 1. The minimum absolute atomic E-state index is 0.599. The van der Waals surface area contributed by atoms with Crippen LogP contribution >= 0.6 is 0 Å². The molecule has 202 valence electrons. The highest BCUT2D eigenvalue weighted by atomic mass is 16.5. The van der Waals surface area contributed by atoms with Crippen LogP contribution in [-0.4, -0.2) is 43.0 Å². The first kappa shape index (κ1) is 26.2. The van der Waals surface area contributed by atoms with Crippen LogP contribution in [0.2, 0.25) is 0 Å². The molecule has 0 aliphatic carbocycles. The van der Waals surface area contributed by atoms with Crippen molar-refractivity contribution in [3.63, 3.8) is 0 Å². The Morgan fingerprint density at radius 3 is 2.23 bits per heavy atom. The minimum Gasteiger partial charge on any atom is -0.497 e. The lowest BCUT2D eigenvalue weighted by Gasteiger charge is -2.15. The van der Waals surface area contributed by atoms with Crippen LogP contribution in [0.3, 0.4) is 0 Å². The van der Waals surface area contributed by atoms with Gasteiger partial charge in [0.15, 0.2) is 5.82 Å². The number of hydrogen-bond acceptors (Lipinski definition) is 7. The first-order chi connectivity index (χ1) is 19.1. The minimum atomic E-state index is 0.599. The van der Waals surface area contributed by atoms with Gasteiger partial charge in [-0.25, -0.2) is 9.97 Å². The van der Waals surface area contributed by atoms with Gasteiger partial charge in [0.25, 0.3) is 0 Å². The Labute approximate surface area is 228 Å². The summed E-state index contributed by atoms with van der Waals surface area (Å²) in [7, 11) is 6.62. The molecule has 39 heavy (non-hydrogen) atoms. The number of imidazole rings is 1. The lowest BCUT2D eigenvalue weighted by atomic mass is 10.1. The van der Waals surface area contributed by atoms with E-state index in [2.05, 4.69) is 28.9 Å². The number of rotatable bonds is 11. The fourth-order valence-corrected chi connectivity index (χ4v) is 4.85.